The van der Waals surface area contributed by atoms with Crippen molar-refractivity contribution in [2.45, 2.75) is 6.92 Å². The van der Waals surface area contributed by atoms with Crippen LogP contribution in [0.2, 0.25) is 5.02 Å². The normalized spacial score (nSPS) is 14.2. The monoisotopic (exact) mass is 517 g/mol. The molecule has 0 saturated carbocycles. The third-order valence-electron chi connectivity index (χ3n) is 5.80. The van der Waals surface area contributed by atoms with Crippen LogP contribution in [0.5, 0.6) is 0 Å². The largest absolute Gasteiger partial charge is 0.379 e. The number of hydrogen-bond acceptors (Lipinski definition) is 6. The first-order chi connectivity index (χ1) is 16.1. The van der Waals surface area contributed by atoms with Crippen molar-refractivity contribution in [3.8, 4) is 5.69 Å². The molecule has 2 aromatic carbocycles. The molecule has 3 heterocycles. The summed E-state index contributed by atoms with van der Waals surface area (Å²) in [5.41, 5.74) is 3.12. The predicted octanol–water partition coefficient (Wildman–Crippen LogP) is 4.84. The second-order valence-corrected chi connectivity index (χ2v) is 9.36. The van der Waals surface area contributed by atoms with Crippen LogP contribution in [0.25, 0.3) is 15.9 Å². The zero-order valence-electron chi connectivity index (χ0n) is 18.7. The first kappa shape index (κ1) is 24.6. The number of benzene rings is 2. The van der Waals surface area contributed by atoms with Gasteiger partial charge in [0.05, 0.1) is 46.6 Å². The number of anilines is 1. The Morgan fingerprint density at radius 3 is 2.71 bits per heavy atom. The standard InChI is InChI=1S/C24H24ClN5O2S.ClH/c1-17-20(16-26-30(17)19-5-3-2-4-6-19)23(31)29(10-9-28-11-13-32-14-12-28)24-27-21-8-7-18(25)15-22(21)33-24;/h2-8,15-16H,9-14H2,1H3;1H. The van der Waals surface area contributed by atoms with Crippen LogP contribution in [-0.2, 0) is 4.74 Å². The molecule has 178 valence electrons. The molecule has 0 bridgehead atoms. The highest BCUT2D eigenvalue weighted by Crippen LogP contribution is 2.32. The van der Waals surface area contributed by atoms with E-state index in [4.69, 9.17) is 21.3 Å². The van der Waals surface area contributed by atoms with E-state index in [1.807, 2.05) is 55.5 Å². The first-order valence-electron chi connectivity index (χ1n) is 10.9. The number of hydrogen-bond donors (Lipinski definition) is 0. The number of ether oxygens (including phenoxy) is 1. The van der Waals surface area contributed by atoms with Crippen molar-refractivity contribution in [3.05, 3.63) is 71.0 Å². The van der Waals surface area contributed by atoms with E-state index in [0.29, 0.717) is 22.3 Å². The lowest BCUT2D eigenvalue weighted by atomic mass is 10.2. The Kier molecular flexibility index (Phi) is 7.85. The van der Waals surface area contributed by atoms with E-state index in [9.17, 15) is 4.79 Å². The summed E-state index contributed by atoms with van der Waals surface area (Å²) in [7, 11) is 0. The summed E-state index contributed by atoms with van der Waals surface area (Å²) in [5, 5.41) is 5.82. The molecule has 0 spiro atoms. The van der Waals surface area contributed by atoms with Gasteiger partial charge in [-0.2, -0.15) is 5.10 Å². The molecule has 0 unspecified atom stereocenters. The number of aromatic nitrogens is 3. The van der Waals surface area contributed by atoms with Gasteiger partial charge in [0, 0.05) is 31.2 Å². The number of nitrogens with zero attached hydrogens (tertiary/aromatic N) is 5. The minimum atomic E-state index is -0.104. The van der Waals surface area contributed by atoms with Crippen LogP contribution in [0.3, 0.4) is 0 Å². The number of carbonyl (C=O) groups is 1. The fourth-order valence-electron chi connectivity index (χ4n) is 3.95. The number of halogens is 2. The zero-order valence-corrected chi connectivity index (χ0v) is 21.1. The summed E-state index contributed by atoms with van der Waals surface area (Å²) < 4.78 is 8.22. The Morgan fingerprint density at radius 1 is 1.18 bits per heavy atom. The Morgan fingerprint density at radius 2 is 1.94 bits per heavy atom. The smallest absolute Gasteiger partial charge is 0.263 e. The maximum atomic E-state index is 13.8. The minimum Gasteiger partial charge on any atom is -0.379 e. The number of para-hydroxylation sites is 1. The van der Waals surface area contributed by atoms with Gasteiger partial charge in [-0.15, -0.1) is 12.4 Å². The van der Waals surface area contributed by atoms with Crippen molar-refractivity contribution >= 4 is 56.6 Å². The van der Waals surface area contributed by atoms with E-state index in [2.05, 4.69) is 10.00 Å². The lowest BCUT2D eigenvalue weighted by Gasteiger charge is -2.29. The molecule has 4 aromatic rings. The zero-order chi connectivity index (χ0) is 22.8. The van der Waals surface area contributed by atoms with Gasteiger partial charge in [0.2, 0.25) is 0 Å². The lowest BCUT2D eigenvalue weighted by Crippen LogP contribution is -2.43. The molecule has 1 fully saturated rings. The summed E-state index contributed by atoms with van der Waals surface area (Å²) >= 11 is 7.66. The Bertz CT molecular complexity index is 1270. The summed E-state index contributed by atoms with van der Waals surface area (Å²) in [6, 6.07) is 15.4. The van der Waals surface area contributed by atoms with Crippen LogP contribution < -0.4 is 4.90 Å². The van der Waals surface area contributed by atoms with Crippen LogP contribution in [0.4, 0.5) is 5.13 Å². The lowest BCUT2D eigenvalue weighted by molar-refractivity contribution is 0.0391. The Labute approximate surface area is 213 Å². The molecule has 2 aromatic heterocycles. The molecule has 0 atom stereocenters. The number of amides is 1. The van der Waals surface area contributed by atoms with E-state index in [0.717, 1.165) is 54.4 Å². The maximum Gasteiger partial charge on any atom is 0.263 e. The number of thiazole rings is 1. The highest BCUT2D eigenvalue weighted by molar-refractivity contribution is 7.22. The Hall–Kier alpha value is -2.49. The summed E-state index contributed by atoms with van der Waals surface area (Å²) in [6.45, 7) is 6.36. The van der Waals surface area contributed by atoms with Gasteiger partial charge in [-0.25, -0.2) is 9.67 Å². The molecule has 1 amide bonds. The molecule has 1 aliphatic rings. The molecule has 1 aliphatic heterocycles. The van der Waals surface area contributed by atoms with Crippen LogP contribution >= 0.6 is 35.3 Å². The molecular formula is C24H25Cl2N5O2S. The van der Waals surface area contributed by atoms with Crippen molar-refractivity contribution in [1.82, 2.24) is 19.7 Å². The van der Waals surface area contributed by atoms with Gasteiger partial charge < -0.3 is 4.74 Å². The molecule has 1 saturated heterocycles. The van der Waals surface area contributed by atoms with Gasteiger partial charge >= 0.3 is 0 Å². The van der Waals surface area contributed by atoms with Gasteiger partial charge in [-0.3, -0.25) is 14.6 Å². The van der Waals surface area contributed by atoms with Crippen molar-refractivity contribution in [3.63, 3.8) is 0 Å². The number of carbonyl (C=O) groups excluding carboxylic acids is 1. The highest BCUT2D eigenvalue weighted by Gasteiger charge is 2.26. The second kappa shape index (κ2) is 10.8. The molecule has 34 heavy (non-hydrogen) atoms. The third-order valence-corrected chi connectivity index (χ3v) is 7.08. The summed E-state index contributed by atoms with van der Waals surface area (Å²) in [4.78, 5) is 22.6. The van der Waals surface area contributed by atoms with Crippen LogP contribution in [-0.4, -0.2) is 65.0 Å². The first-order valence-corrected chi connectivity index (χ1v) is 12.1. The quantitative estimate of drug-likeness (QED) is 0.366. The molecule has 0 aliphatic carbocycles. The molecule has 0 N–H and O–H groups in total. The summed E-state index contributed by atoms with van der Waals surface area (Å²) in [5.74, 6) is -0.104. The molecule has 0 radical (unpaired) electrons. The van der Waals surface area contributed by atoms with E-state index in [-0.39, 0.29) is 18.3 Å². The van der Waals surface area contributed by atoms with Crippen LogP contribution in [0.1, 0.15) is 16.1 Å². The third kappa shape index (κ3) is 5.11. The van der Waals surface area contributed by atoms with Crippen molar-refractivity contribution in [2.24, 2.45) is 0 Å². The predicted molar refractivity (Wildman–Crippen MR) is 139 cm³/mol. The number of rotatable bonds is 6. The average Bonchev–Trinajstić information content (AvgIpc) is 3.43. The maximum absolute atomic E-state index is 13.8. The van der Waals surface area contributed by atoms with Gasteiger partial charge in [-0.1, -0.05) is 41.1 Å². The molecule has 10 heteroatoms. The van der Waals surface area contributed by atoms with Gasteiger partial charge in [0.15, 0.2) is 5.13 Å². The van der Waals surface area contributed by atoms with E-state index < -0.39 is 0 Å². The van der Waals surface area contributed by atoms with E-state index in [1.54, 1.807) is 15.8 Å². The van der Waals surface area contributed by atoms with E-state index in [1.165, 1.54) is 11.3 Å². The highest BCUT2D eigenvalue weighted by atomic mass is 35.5. The molecule has 5 rings (SSSR count). The minimum absolute atomic E-state index is 0. The SMILES string of the molecule is Cc1c(C(=O)N(CCN2CCOCC2)c2nc3ccc(Cl)cc3s2)cnn1-c1ccccc1.Cl. The van der Waals surface area contributed by atoms with Gasteiger partial charge in [0.1, 0.15) is 0 Å². The second-order valence-electron chi connectivity index (χ2n) is 7.91. The average molecular weight is 518 g/mol. The Balaban J connectivity index is 0.00000274. The van der Waals surface area contributed by atoms with Crippen LogP contribution in [0, 0.1) is 6.92 Å². The molecular weight excluding hydrogens is 493 g/mol. The number of morpholine rings is 1. The topological polar surface area (TPSA) is 63.5 Å². The number of fused-ring (bicyclic) bond motifs is 1. The van der Waals surface area contributed by atoms with Crippen LogP contribution in [0.15, 0.2) is 54.7 Å². The van der Waals surface area contributed by atoms with E-state index >= 15 is 0 Å². The van der Waals surface area contributed by atoms with Crippen molar-refractivity contribution in [1.29, 1.82) is 0 Å². The van der Waals surface area contributed by atoms with Crippen molar-refractivity contribution < 1.29 is 9.53 Å². The van der Waals surface area contributed by atoms with Crippen molar-refractivity contribution in [2.75, 3.05) is 44.3 Å². The fourth-order valence-corrected chi connectivity index (χ4v) is 5.21. The van der Waals surface area contributed by atoms with Gasteiger partial charge in [-0.05, 0) is 37.3 Å². The van der Waals surface area contributed by atoms with Gasteiger partial charge in [0.25, 0.3) is 5.91 Å². The summed E-state index contributed by atoms with van der Waals surface area (Å²) in [6.07, 6.45) is 1.65. The molecule has 7 nitrogen and oxygen atoms in total. The fraction of sp³-hybridized carbons (Fsp3) is 0.292.